The molecule has 0 bridgehead atoms. The van der Waals surface area contributed by atoms with Crippen molar-refractivity contribution in [3.8, 4) is 11.4 Å². The van der Waals surface area contributed by atoms with Crippen LogP contribution < -0.4 is 0 Å². The fraction of sp³-hybridized carbons (Fsp3) is 0.500. The van der Waals surface area contributed by atoms with Crippen molar-refractivity contribution in [3.63, 3.8) is 0 Å². The number of rotatable bonds is 4. The van der Waals surface area contributed by atoms with E-state index < -0.39 is 39.8 Å². The standard InChI is InChI=1S/C18H21F6N3OS/c1-16(2,3)29(28)27(5)14(18(22,23)24)11-6-8-12(9-7-11)15-25-13(10-26(15)4)17(19,20)21/h6-10,14H,1-5H3/t14-,29+/m1/s1. The molecule has 4 nitrogen and oxygen atoms in total. The van der Waals surface area contributed by atoms with Gasteiger partial charge in [-0.2, -0.15) is 26.3 Å². The monoisotopic (exact) mass is 441 g/mol. The molecule has 0 aliphatic heterocycles. The molecule has 0 fully saturated rings. The molecule has 0 amide bonds. The molecule has 0 radical (unpaired) electrons. The van der Waals surface area contributed by atoms with Crippen molar-refractivity contribution in [1.82, 2.24) is 13.9 Å². The summed E-state index contributed by atoms with van der Waals surface area (Å²) in [4.78, 5) is 3.53. The first-order valence-electron chi connectivity index (χ1n) is 8.46. The van der Waals surface area contributed by atoms with Gasteiger partial charge in [0.05, 0.1) is 4.75 Å². The Morgan fingerprint density at radius 1 is 1.03 bits per heavy atom. The molecule has 0 saturated carbocycles. The van der Waals surface area contributed by atoms with Gasteiger partial charge in [0, 0.05) is 25.9 Å². The number of alkyl halides is 6. The van der Waals surface area contributed by atoms with E-state index in [9.17, 15) is 30.6 Å². The zero-order valence-electron chi connectivity index (χ0n) is 16.4. The zero-order chi connectivity index (χ0) is 22.4. The number of hydrogen-bond donors (Lipinski definition) is 0. The van der Waals surface area contributed by atoms with Gasteiger partial charge in [-0.15, -0.1) is 0 Å². The summed E-state index contributed by atoms with van der Waals surface area (Å²) in [5.41, 5.74) is -1.04. The van der Waals surface area contributed by atoms with Crippen molar-refractivity contribution >= 4 is 11.0 Å². The lowest BCUT2D eigenvalue weighted by Gasteiger charge is -2.33. The molecule has 2 atom stereocenters. The van der Waals surface area contributed by atoms with Crippen LogP contribution in [0.4, 0.5) is 26.3 Å². The molecule has 2 rings (SSSR count). The van der Waals surface area contributed by atoms with Crippen LogP contribution in [-0.2, 0) is 24.2 Å². The number of imidazole rings is 1. The maximum atomic E-state index is 13.7. The fourth-order valence-corrected chi connectivity index (χ4v) is 4.12. The molecule has 0 unspecified atom stereocenters. The van der Waals surface area contributed by atoms with Crippen molar-refractivity contribution in [3.05, 3.63) is 41.7 Å². The molecule has 0 spiro atoms. The van der Waals surface area contributed by atoms with Gasteiger partial charge in [0.25, 0.3) is 0 Å². The van der Waals surface area contributed by atoms with Crippen LogP contribution >= 0.6 is 0 Å². The molecule has 0 aliphatic carbocycles. The Kier molecular flexibility index (Phi) is 6.25. The van der Waals surface area contributed by atoms with E-state index in [1.807, 2.05) is 0 Å². The van der Waals surface area contributed by atoms with Crippen molar-refractivity contribution in [1.29, 1.82) is 0 Å². The van der Waals surface area contributed by atoms with Crippen LogP contribution in [0.3, 0.4) is 0 Å². The van der Waals surface area contributed by atoms with Crippen molar-refractivity contribution in [2.45, 2.75) is 43.9 Å². The lowest BCUT2D eigenvalue weighted by molar-refractivity contribution is -0.170. The summed E-state index contributed by atoms with van der Waals surface area (Å²) in [6, 6.07) is 2.72. The predicted octanol–water partition coefficient (Wildman–Crippen LogP) is 5.10. The van der Waals surface area contributed by atoms with Gasteiger partial charge in [0.1, 0.15) is 22.9 Å². The summed E-state index contributed by atoms with van der Waals surface area (Å²) in [7, 11) is 0.553. The van der Waals surface area contributed by atoms with E-state index in [2.05, 4.69) is 4.98 Å². The Hall–Kier alpha value is -1.88. The normalized spacial score (nSPS) is 15.6. The second-order valence-electron chi connectivity index (χ2n) is 7.53. The topological polar surface area (TPSA) is 38.1 Å². The number of nitrogens with zero attached hydrogens (tertiary/aromatic N) is 3. The Balaban J connectivity index is 2.43. The smallest absolute Gasteiger partial charge is 0.333 e. The minimum absolute atomic E-state index is 0.0287. The summed E-state index contributed by atoms with van der Waals surface area (Å²) in [5, 5.41) is 0. The number of benzene rings is 1. The van der Waals surface area contributed by atoms with Crippen LogP contribution in [0.15, 0.2) is 30.5 Å². The van der Waals surface area contributed by atoms with E-state index in [0.29, 0.717) is 0 Å². The summed E-state index contributed by atoms with van der Waals surface area (Å²) in [6.07, 6.45) is -8.52. The number of hydrogen-bond acceptors (Lipinski definition) is 2. The average Bonchev–Trinajstić information content (AvgIpc) is 2.95. The third-order valence-electron chi connectivity index (χ3n) is 4.11. The Labute approximate surface area is 167 Å². The van der Waals surface area contributed by atoms with Crippen LogP contribution in [0, 0.1) is 0 Å². The van der Waals surface area contributed by atoms with E-state index in [0.717, 1.165) is 34.2 Å². The highest BCUT2D eigenvalue weighted by atomic mass is 32.2. The van der Waals surface area contributed by atoms with E-state index in [-0.39, 0.29) is 17.0 Å². The minimum Gasteiger partial charge on any atom is -0.333 e. The van der Waals surface area contributed by atoms with Gasteiger partial charge in [0.2, 0.25) is 0 Å². The van der Waals surface area contributed by atoms with Crippen molar-refractivity contribution in [2.75, 3.05) is 7.05 Å². The maximum absolute atomic E-state index is 13.7. The van der Waals surface area contributed by atoms with Crippen LogP contribution in [0.25, 0.3) is 11.4 Å². The van der Waals surface area contributed by atoms with Crippen LogP contribution in [-0.4, -0.2) is 36.0 Å². The molecule has 29 heavy (non-hydrogen) atoms. The lowest BCUT2D eigenvalue weighted by atomic mass is 10.0. The summed E-state index contributed by atoms with van der Waals surface area (Å²) in [5.74, 6) is -0.0287. The molecular weight excluding hydrogens is 420 g/mol. The van der Waals surface area contributed by atoms with Gasteiger partial charge in [-0.3, -0.25) is 0 Å². The quantitative estimate of drug-likeness (QED) is 0.619. The van der Waals surface area contributed by atoms with Crippen LogP contribution in [0.1, 0.15) is 38.1 Å². The molecule has 1 aromatic carbocycles. The second-order valence-corrected chi connectivity index (χ2v) is 9.83. The third-order valence-corrected chi connectivity index (χ3v) is 5.89. The molecule has 0 N–H and O–H groups in total. The van der Waals surface area contributed by atoms with Crippen molar-refractivity contribution in [2.24, 2.45) is 7.05 Å². The van der Waals surface area contributed by atoms with E-state index in [1.54, 1.807) is 20.8 Å². The lowest BCUT2D eigenvalue weighted by Crippen LogP contribution is -2.42. The Bertz CT molecular complexity index is 881. The van der Waals surface area contributed by atoms with Gasteiger partial charge < -0.3 is 4.57 Å². The van der Waals surface area contributed by atoms with Crippen LogP contribution in [0.5, 0.6) is 0 Å². The highest BCUT2D eigenvalue weighted by molar-refractivity contribution is 7.84. The molecule has 1 heterocycles. The van der Waals surface area contributed by atoms with E-state index >= 15 is 0 Å². The van der Waals surface area contributed by atoms with Gasteiger partial charge in [-0.25, -0.2) is 13.5 Å². The number of halogens is 6. The van der Waals surface area contributed by atoms with E-state index in [1.165, 1.54) is 19.2 Å². The minimum atomic E-state index is -4.70. The predicted molar refractivity (Wildman–Crippen MR) is 98.1 cm³/mol. The highest BCUT2D eigenvalue weighted by Gasteiger charge is 2.46. The van der Waals surface area contributed by atoms with Gasteiger partial charge >= 0.3 is 12.4 Å². The summed E-state index contributed by atoms with van der Waals surface area (Å²) < 4.78 is 93.1. The van der Waals surface area contributed by atoms with Gasteiger partial charge in [0.15, 0.2) is 5.69 Å². The number of aryl methyl sites for hydroxylation is 1. The third kappa shape index (κ3) is 5.19. The first-order valence-corrected chi connectivity index (χ1v) is 9.56. The Morgan fingerprint density at radius 2 is 1.55 bits per heavy atom. The number of aromatic nitrogens is 2. The fourth-order valence-electron chi connectivity index (χ4n) is 2.82. The highest BCUT2D eigenvalue weighted by Crippen LogP contribution is 2.40. The largest absolute Gasteiger partial charge is 0.434 e. The van der Waals surface area contributed by atoms with Crippen LogP contribution in [0.2, 0.25) is 0 Å². The summed E-state index contributed by atoms with van der Waals surface area (Å²) >= 11 is 0. The molecule has 0 saturated heterocycles. The molecule has 162 valence electrons. The molecule has 1 aromatic heterocycles. The second kappa shape index (κ2) is 7.75. The van der Waals surface area contributed by atoms with Gasteiger partial charge in [-0.05, 0) is 26.3 Å². The zero-order valence-corrected chi connectivity index (χ0v) is 17.2. The molecule has 11 heteroatoms. The Morgan fingerprint density at radius 3 is 1.93 bits per heavy atom. The van der Waals surface area contributed by atoms with Crippen molar-refractivity contribution < 1.29 is 30.6 Å². The first kappa shape index (κ1) is 23.4. The van der Waals surface area contributed by atoms with E-state index in [4.69, 9.17) is 0 Å². The molecule has 0 aliphatic rings. The van der Waals surface area contributed by atoms with Gasteiger partial charge in [-0.1, -0.05) is 24.3 Å². The summed E-state index contributed by atoms with van der Waals surface area (Å²) in [6.45, 7) is 4.69. The maximum Gasteiger partial charge on any atom is 0.434 e. The first-order chi connectivity index (χ1) is 13.0. The molecule has 2 aromatic rings. The SMILES string of the molecule is CN([C@H](c1ccc(-c2nc(C(F)(F)F)cn2C)cc1)C(F)(F)F)[S@@](=O)C(C)(C)C. The average molecular weight is 441 g/mol. The molecular formula is C18H21F6N3OS.